The number of aromatic nitrogens is 2. The van der Waals surface area contributed by atoms with Crippen LogP contribution in [-0.4, -0.2) is 52.5 Å². The predicted molar refractivity (Wildman–Crippen MR) is 86.1 cm³/mol. The van der Waals surface area contributed by atoms with Gasteiger partial charge in [-0.1, -0.05) is 11.6 Å². The third-order valence-electron chi connectivity index (χ3n) is 3.37. The number of hydrogen-bond donors (Lipinski definition) is 1. The molecule has 8 heteroatoms. The molecule has 22 heavy (non-hydrogen) atoms. The van der Waals surface area contributed by atoms with Crippen LogP contribution in [-0.2, 0) is 4.74 Å². The Labute approximate surface area is 135 Å². The van der Waals surface area contributed by atoms with Gasteiger partial charge in [0.1, 0.15) is 5.60 Å². The van der Waals surface area contributed by atoms with Gasteiger partial charge in [-0.05, 0) is 27.7 Å². The molecular formula is C14H22ClN5O2. The lowest BCUT2D eigenvalue weighted by molar-refractivity contribution is 0.0159. The molecule has 0 aromatic carbocycles. The molecule has 2 N–H and O–H groups in total. The molecule has 2 rings (SSSR count). The Hall–Kier alpha value is -1.76. The number of hydrogen-bond acceptors (Lipinski definition) is 6. The summed E-state index contributed by atoms with van der Waals surface area (Å²) in [7, 11) is 0. The van der Waals surface area contributed by atoms with E-state index in [1.807, 2.05) is 27.7 Å². The van der Waals surface area contributed by atoms with Crippen molar-refractivity contribution in [2.45, 2.75) is 39.3 Å². The summed E-state index contributed by atoms with van der Waals surface area (Å²) in [5, 5.41) is 7.84. The highest BCUT2D eigenvalue weighted by Gasteiger charge is 2.31. The Morgan fingerprint density at radius 3 is 2.68 bits per heavy atom. The number of piperazine rings is 1. The van der Waals surface area contributed by atoms with Gasteiger partial charge in [-0.2, -0.15) is 0 Å². The van der Waals surface area contributed by atoms with Gasteiger partial charge >= 0.3 is 6.09 Å². The molecule has 0 bridgehead atoms. The maximum atomic E-state index is 12.2. The summed E-state index contributed by atoms with van der Waals surface area (Å²) in [6.07, 6.45) is -0.293. The third kappa shape index (κ3) is 3.91. The Morgan fingerprint density at radius 2 is 2.09 bits per heavy atom. The molecule has 1 aromatic heterocycles. The lowest BCUT2D eigenvalue weighted by Crippen LogP contribution is -2.55. The van der Waals surface area contributed by atoms with E-state index in [9.17, 15) is 4.79 Å². The molecule has 1 fully saturated rings. The number of ether oxygens (including phenoxy) is 1. The zero-order chi connectivity index (χ0) is 16.5. The molecule has 0 aliphatic carbocycles. The number of carbonyl (C=O) groups is 1. The van der Waals surface area contributed by atoms with Crippen molar-refractivity contribution in [3.63, 3.8) is 0 Å². The SMILES string of the molecule is CC1CN(c2cc(Cl)nnc2N)CCN1C(=O)OC(C)(C)C. The Bertz CT molecular complexity index is 561. The van der Waals surface area contributed by atoms with Gasteiger partial charge in [-0.3, -0.25) is 0 Å². The fourth-order valence-electron chi connectivity index (χ4n) is 2.39. The second-order valence-corrected chi connectivity index (χ2v) is 6.79. The van der Waals surface area contributed by atoms with Gasteiger partial charge in [-0.15, -0.1) is 10.2 Å². The molecule has 1 aromatic rings. The van der Waals surface area contributed by atoms with Crippen LogP contribution in [0.5, 0.6) is 0 Å². The lowest BCUT2D eigenvalue weighted by Gasteiger charge is -2.41. The number of anilines is 2. The zero-order valence-corrected chi connectivity index (χ0v) is 14.1. The van der Waals surface area contributed by atoms with Crippen LogP contribution < -0.4 is 10.6 Å². The number of halogens is 1. The number of nitrogen functional groups attached to an aromatic ring is 1. The van der Waals surface area contributed by atoms with E-state index < -0.39 is 5.60 Å². The van der Waals surface area contributed by atoms with E-state index in [4.69, 9.17) is 22.1 Å². The fourth-order valence-corrected chi connectivity index (χ4v) is 2.53. The van der Waals surface area contributed by atoms with Gasteiger partial charge < -0.3 is 20.3 Å². The second kappa shape index (κ2) is 6.16. The van der Waals surface area contributed by atoms with Crippen molar-refractivity contribution in [3.8, 4) is 0 Å². The van der Waals surface area contributed by atoms with Crippen molar-refractivity contribution < 1.29 is 9.53 Å². The average molecular weight is 328 g/mol. The first kappa shape index (κ1) is 16.6. The highest BCUT2D eigenvalue weighted by atomic mass is 35.5. The van der Waals surface area contributed by atoms with Crippen LogP contribution in [0.25, 0.3) is 0 Å². The third-order valence-corrected chi connectivity index (χ3v) is 3.55. The minimum Gasteiger partial charge on any atom is -0.444 e. The van der Waals surface area contributed by atoms with Gasteiger partial charge in [0, 0.05) is 31.7 Å². The zero-order valence-electron chi connectivity index (χ0n) is 13.3. The van der Waals surface area contributed by atoms with Gasteiger partial charge in [0.2, 0.25) is 0 Å². The van der Waals surface area contributed by atoms with E-state index in [2.05, 4.69) is 15.1 Å². The molecule has 0 radical (unpaired) electrons. The first-order valence-electron chi connectivity index (χ1n) is 7.20. The maximum absolute atomic E-state index is 12.2. The van der Waals surface area contributed by atoms with E-state index in [1.54, 1.807) is 11.0 Å². The van der Waals surface area contributed by atoms with Crippen LogP contribution in [0.4, 0.5) is 16.3 Å². The summed E-state index contributed by atoms with van der Waals surface area (Å²) in [5.74, 6) is 0.335. The van der Waals surface area contributed by atoms with Gasteiger partial charge in [0.15, 0.2) is 11.0 Å². The largest absolute Gasteiger partial charge is 0.444 e. The second-order valence-electron chi connectivity index (χ2n) is 6.41. The van der Waals surface area contributed by atoms with Crippen LogP contribution in [0, 0.1) is 0 Å². The minimum absolute atomic E-state index is 0.00468. The number of nitrogens with zero attached hydrogens (tertiary/aromatic N) is 4. The standard InChI is InChI=1S/C14H22ClN5O2/c1-9-8-19(10-7-11(15)17-18-12(10)16)5-6-20(9)13(21)22-14(2,3)4/h7,9H,5-6,8H2,1-4H3,(H2,16,18). The minimum atomic E-state index is -0.499. The summed E-state index contributed by atoms with van der Waals surface area (Å²) in [6.45, 7) is 9.37. The highest BCUT2D eigenvalue weighted by molar-refractivity contribution is 6.29. The Morgan fingerprint density at radius 1 is 1.41 bits per heavy atom. The summed E-state index contributed by atoms with van der Waals surface area (Å²) in [4.78, 5) is 16.0. The Balaban J connectivity index is 2.06. The monoisotopic (exact) mass is 327 g/mol. The molecule has 2 heterocycles. The molecule has 1 unspecified atom stereocenters. The first-order chi connectivity index (χ1) is 10.2. The number of nitrogens with two attached hydrogens (primary N) is 1. The smallest absolute Gasteiger partial charge is 0.410 e. The van der Waals surface area contributed by atoms with Crippen molar-refractivity contribution in [2.75, 3.05) is 30.3 Å². The fraction of sp³-hybridized carbons (Fsp3) is 0.643. The first-order valence-corrected chi connectivity index (χ1v) is 7.58. The van der Waals surface area contributed by atoms with Crippen molar-refractivity contribution in [2.24, 2.45) is 0 Å². The van der Waals surface area contributed by atoms with Crippen LogP contribution in [0.3, 0.4) is 0 Å². The Kier molecular flexibility index (Phi) is 4.65. The van der Waals surface area contributed by atoms with Gasteiger partial charge in [-0.25, -0.2) is 4.79 Å². The van der Waals surface area contributed by atoms with Crippen molar-refractivity contribution in [1.82, 2.24) is 15.1 Å². The van der Waals surface area contributed by atoms with Gasteiger partial charge in [0.05, 0.1) is 5.69 Å². The molecule has 7 nitrogen and oxygen atoms in total. The van der Waals surface area contributed by atoms with Crippen molar-refractivity contribution >= 4 is 29.2 Å². The summed E-state index contributed by atoms with van der Waals surface area (Å²) in [5.41, 5.74) is 6.11. The summed E-state index contributed by atoms with van der Waals surface area (Å²) >= 11 is 5.88. The summed E-state index contributed by atoms with van der Waals surface area (Å²) < 4.78 is 5.43. The average Bonchev–Trinajstić information content (AvgIpc) is 2.39. The summed E-state index contributed by atoms with van der Waals surface area (Å²) in [6, 6.07) is 1.69. The van der Waals surface area contributed by atoms with Crippen LogP contribution in [0.15, 0.2) is 6.07 Å². The van der Waals surface area contributed by atoms with Gasteiger partial charge in [0.25, 0.3) is 0 Å². The highest BCUT2D eigenvalue weighted by Crippen LogP contribution is 2.26. The molecule has 1 aliphatic rings. The van der Waals surface area contributed by atoms with Crippen LogP contribution in [0.1, 0.15) is 27.7 Å². The van der Waals surface area contributed by atoms with Crippen molar-refractivity contribution in [3.05, 3.63) is 11.2 Å². The van der Waals surface area contributed by atoms with E-state index in [1.165, 1.54) is 0 Å². The molecule has 1 amide bonds. The molecule has 122 valence electrons. The molecule has 0 spiro atoms. The van der Waals surface area contributed by atoms with E-state index in [0.29, 0.717) is 30.6 Å². The predicted octanol–water partition coefficient (Wildman–Crippen LogP) is 2.16. The normalized spacial score (nSPS) is 19.2. The molecule has 1 saturated heterocycles. The maximum Gasteiger partial charge on any atom is 0.410 e. The quantitative estimate of drug-likeness (QED) is 0.850. The van der Waals surface area contributed by atoms with Crippen LogP contribution in [0.2, 0.25) is 5.15 Å². The number of rotatable bonds is 1. The molecule has 1 aliphatic heterocycles. The number of amides is 1. The lowest BCUT2D eigenvalue weighted by atomic mass is 10.1. The van der Waals surface area contributed by atoms with E-state index in [0.717, 1.165) is 5.69 Å². The van der Waals surface area contributed by atoms with E-state index >= 15 is 0 Å². The van der Waals surface area contributed by atoms with E-state index in [-0.39, 0.29) is 12.1 Å². The van der Waals surface area contributed by atoms with Crippen LogP contribution >= 0.6 is 11.6 Å². The van der Waals surface area contributed by atoms with Crippen molar-refractivity contribution in [1.29, 1.82) is 0 Å². The molecule has 0 saturated carbocycles. The topological polar surface area (TPSA) is 84.6 Å². The number of carbonyl (C=O) groups excluding carboxylic acids is 1. The molecular weight excluding hydrogens is 306 g/mol. The molecule has 1 atom stereocenters.